The second-order valence-corrected chi connectivity index (χ2v) is 4.70. The smallest absolute Gasteiger partial charge is 0.307 e. The van der Waals surface area contributed by atoms with Crippen LogP contribution in [0.25, 0.3) is 0 Å². The van der Waals surface area contributed by atoms with Crippen LogP contribution in [0.1, 0.15) is 19.3 Å². The van der Waals surface area contributed by atoms with E-state index in [1.807, 2.05) is 0 Å². The molecule has 2 fully saturated rings. The number of fused-ring (bicyclic) bond motifs is 2. The number of hydrogen-bond acceptors (Lipinski definition) is 1. The SMILES string of the molecule is O=C(O)C1C2CCC(C2)C1Br. The molecule has 2 rings (SSSR count). The summed E-state index contributed by atoms with van der Waals surface area (Å²) in [6, 6.07) is 0. The van der Waals surface area contributed by atoms with Gasteiger partial charge in [-0.15, -0.1) is 0 Å². The molecule has 0 aromatic carbocycles. The monoisotopic (exact) mass is 218 g/mol. The van der Waals surface area contributed by atoms with Crippen molar-refractivity contribution in [1.82, 2.24) is 0 Å². The summed E-state index contributed by atoms with van der Waals surface area (Å²) >= 11 is 3.48. The van der Waals surface area contributed by atoms with E-state index < -0.39 is 5.97 Å². The Kier molecular flexibility index (Phi) is 1.71. The van der Waals surface area contributed by atoms with Gasteiger partial charge in [0.25, 0.3) is 0 Å². The molecule has 2 bridgehead atoms. The van der Waals surface area contributed by atoms with Gasteiger partial charge < -0.3 is 5.11 Å². The molecule has 1 N–H and O–H groups in total. The number of carboxylic acid groups (broad SMARTS) is 1. The molecule has 0 radical (unpaired) electrons. The van der Waals surface area contributed by atoms with Crippen molar-refractivity contribution < 1.29 is 9.90 Å². The Morgan fingerprint density at radius 3 is 2.36 bits per heavy atom. The molecule has 0 amide bonds. The predicted molar refractivity (Wildman–Crippen MR) is 44.7 cm³/mol. The Balaban J connectivity index is 2.17. The van der Waals surface area contributed by atoms with Crippen LogP contribution in [0.3, 0.4) is 0 Å². The van der Waals surface area contributed by atoms with E-state index in [0.717, 1.165) is 12.8 Å². The second-order valence-electron chi connectivity index (χ2n) is 3.64. The van der Waals surface area contributed by atoms with Crippen LogP contribution in [-0.2, 0) is 4.79 Å². The molecule has 4 unspecified atom stereocenters. The van der Waals surface area contributed by atoms with Crippen LogP contribution < -0.4 is 0 Å². The first kappa shape index (κ1) is 7.59. The average Bonchev–Trinajstić information content (AvgIpc) is 2.44. The van der Waals surface area contributed by atoms with E-state index in [9.17, 15) is 4.79 Å². The number of hydrogen-bond donors (Lipinski definition) is 1. The summed E-state index contributed by atoms with van der Waals surface area (Å²) in [6.45, 7) is 0. The molecular weight excluding hydrogens is 208 g/mol. The summed E-state index contributed by atoms with van der Waals surface area (Å²) in [5.41, 5.74) is 0. The van der Waals surface area contributed by atoms with Crippen LogP contribution in [-0.4, -0.2) is 15.9 Å². The minimum Gasteiger partial charge on any atom is -0.481 e. The van der Waals surface area contributed by atoms with Gasteiger partial charge in [-0.3, -0.25) is 4.79 Å². The lowest BCUT2D eigenvalue weighted by atomic mass is 9.89. The Labute approximate surface area is 74.1 Å². The molecule has 0 aromatic heterocycles. The maximum atomic E-state index is 10.8. The van der Waals surface area contributed by atoms with Crippen molar-refractivity contribution in [3.05, 3.63) is 0 Å². The Hall–Kier alpha value is -0.0500. The molecule has 0 aliphatic heterocycles. The van der Waals surface area contributed by atoms with Crippen LogP contribution in [0.4, 0.5) is 0 Å². The van der Waals surface area contributed by atoms with E-state index in [4.69, 9.17) is 5.11 Å². The standard InChI is InChI=1S/C8H11BrO2/c9-7-5-2-1-4(3-5)6(7)8(10)11/h4-7H,1-3H2,(H,10,11). The molecule has 11 heavy (non-hydrogen) atoms. The summed E-state index contributed by atoms with van der Waals surface area (Å²) in [5, 5.41) is 8.88. The summed E-state index contributed by atoms with van der Waals surface area (Å²) in [7, 11) is 0. The fourth-order valence-electron chi connectivity index (χ4n) is 2.56. The van der Waals surface area contributed by atoms with E-state index in [2.05, 4.69) is 15.9 Å². The van der Waals surface area contributed by atoms with E-state index in [-0.39, 0.29) is 10.7 Å². The Morgan fingerprint density at radius 1 is 1.36 bits per heavy atom. The second kappa shape index (κ2) is 2.47. The van der Waals surface area contributed by atoms with Gasteiger partial charge in [-0.1, -0.05) is 15.9 Å². The highest BCUT2D eigenvalue weighted by Gasteiger charge is 2.49. The number of carboxylic acids is 1. The summed E-state index contributed by atoms with van der Waals surface area (Å²) in [5.74, 6) is 0.385. The molecule has 2 saturated carbocycles. The first-order chi connectivity index (χ1) is 5.20. The zero-order chi connectivity index (χ0) is 8.01. The minimum absolute atomic E-state index is 0.103. The van der Waals surface area contributed by atoms with Crippen LogP contribution >= 0.6 is 15.9 Å². The molecular formula is C8H11BrO2. The van der Waals surface area contributed by atoms with Gasteiger partial charge in [-0.2, -0.15) is 0 Å². The Bertz CT molecular complexity index is 191. The van der Waals surface area contributed by atoms with Crippen LogP contribution in [0.15, 0.2) is 0 Å². The van der Waals surface area contributed by atoms with E-state index in [0.29, 0.717) is 11.8 Å². The molecule has 0 saturated heterocycles. The molecule has 3 heteroatoms. The van der Waals surface area contributed by atoms with Gasteiger partial charge in [0.05, 0.1) is 5.92 Å². The number of halogens is 1. The number of carbonyl (C=O) groups is 1. The largest absolute Gasteiger partial charge is 0.481 e. The summed E-state index contributed by atoms with van der Waals surface area (Å²) in [4.78, 5) is 11.0. The summed E-state index contributed by atoms with van der Waals surface area (Å²) in [6.07, 6.45) is 3.49. The van der Waals surface area contributed by atoms with Crippen molar-refractivity contribution in [2.24, 2.45) is 17.8 Å². The molecule has 0 heterocycles. The van der Waals surface area contributed by atoms with Gasteiger partial charge in [0.1, 0.15) is 0 Å². The van der Waals surface area contributed by atoms with Gasteiger partial charge in [0.2, 0.25) is 0 Å². The maximum Gasteiger partial charge on any atom is 0.307 e. The molecule has 2 aliphatic carbocycles. The normalized spacial score (nSPS) is 48.1. The van der Waals surface area contributed by atoms with E-state index >= 15 is 0 Å². The number of rotatable bonds is 1. The van der Waals surface area contributed by atoms with Crippen molar-refractivity contribution >= 4 is 21.9 Å². The van der Waals surface area contributed by atoms with Crippen molar-refractivity contribution in [3.63, 3.8) is 0 Å². The fraction of sp³-hybridized carbons (Fsp3) is 0.875. The molecule has 2 aliphatic rings. The lowest BCUT2D eigenvalue weighted by Gasteiger charge is -2.22. The highest BCUT2D eigenvalue weighted by molar-refractivity contribution is 9.09. The zero-order valence-corrected chi connectivity index (χ0v) is 7.75. The van der Waals surface area contributed by atoms with E-state index in [1.165, 1.54) is 6.42 Å². The van der Waals surface area contributed by atoms with Crippen LogP contribution in [0, 0.1) is 17.8 Å². The first-order valence-electron chi connectivity index (χ1n) is 4.07. The molecule has 0 spiro atoms. The highest BCUT2D eigenvalue weighted by Crippen LogP contribution is 2.51. The quantitative estimate of drug-likeness (QED) is 0.683. The van der Waals surface area contributed by atoms with Crippen LogP contribution in [0.5, 0.6) is 0 Å². The fourth-order valence-corrected chi connectivity index (χ4v) is 3.70. The van der Waals surface area contributed by atoms with Gasteiger partial charge in [-0.05, 0) is 31.1 Å². The number of alkyl halides is 1. The molecule has 0 aromatic rings. The number of aliphatic carboxylic acids is 1. The lowest BCUT2D eigenvalue weighted by Crippen LogP contribution is -2.29. The molecule has 62 valence electrons. The Morgan fingerprint density at radius 2 is 2.00 bits per heavy atom. The average molecular weight is 219 g/mol. The molecule has 4 atom stereocenters. The van der Waals surface area contributed by atoms with Crippen molar-refractivity contribution in [3.8, 4) is 0 Å². The van der Waals surface area contributed by atoms with Gasteiger partial charge in [0, 0.05) is 4.83 Å². The van der Waals surface area contributed by atoms with Crippen molar-refractivity contribution in [2.45, 2.75) is 24.1 Å². The molecule has 2 nitrogen and oxygen atoms in total. The van der Waals surface area contributed by atoms with Gasteiger partial charge >= 0.3 is 5.97 Å². The van der Waals surface area contributed by atoms with Crippen molar-refractivity contribution in [1.29, 1.82) is 0 Å². The van der Waals surface area contributed by atoms with Gasteiger partial charge in [0.15, 0.2) is 0 Å². The third kappa shape index (κ3) is 1.01. The van der Waals surface area contributed by atoms with E-state index in [1.54, 1.807) is 0 Å². The maximum absolute atomic E-state index is 10.8. The highest BCUT2D eigenvalue weighted by atomic mass is 79.9. The van der Waals surface area contributed by atoms with Crippen LogP contribution in [0.2, 0.25) is 0 Å². The summed E-state index contributed by atoms with van der Waals surface area (Å²) < 4.78 is 0. The van der Waals surface area contributed by atoms with Crippen molar-refractivity contribution in [2.75, 3.05) is 0 Å². The first-order valence-corrected chi connectivity index (χ1v) is 4.98. The predicted octanol–water partition coefficient (Wildman–Crippen LogP) is 1.88. The van der Waals surface area contributed by atoms with Gasteiger partial charge in [-0.25, -0.2) is 0 Å². The topological polar surface area (TPSA) is 37.3 Å². The third-order valence-electron chi connectivity index (χ3n) is 3.10. The lowest BCUT2D eigenvalue weighted by molar-refractivity contribution is -0.143. The minimum atomic E-state index is -0.612. The zero-order valence-electron chi connectivity index (χ0n) is 6.16. The third-order valence-corrected chi connectivity index (χ3v) is 4.42.